The van der Waals surface area contributed by atoms with Gasteiger partial charge >= 0.3 is 5.97 Å². The topological polar surface area (TPSA) is 82.8 Å². The lowest BCUT2D eigenvalue weighted by Crippen LogP contribution is -2.11. The number of benzene rings is 1. The van der Waals surface area contributed by atoms with E-state index in [1.807, 2.05) is 37.3 Å². The van der Waals surface area contributed by atoms with Crippen molar-refractivity contribution in [3.8, 4) is 10.6 Å². The molecule has 0 aliphatic heterocycles. The van der Waals surface area contributed by atoms with Gasteiger partial charge in [-0.15, -0.1) is 16.4 Å². The number of ether oxygens (including phenoxy) is 1. The van der Waals surface area contributed by atoms with Gasteiger partial charge in [0.2, 0.25) is 0 Å². The molecule has 3 aromatic rings. The highest BCUT2D eigenvalue weighted by Crippen LogP contribution is 2.28. The van der Waals surface area contributed by atoms with Crippen molar-refractivity contribution < 1.29 is 9.53 Å². The second-order valence-electron chi connectivity index (χ2n) is 5.55. The van der Waals surface area contributed by atoms with Crippen LogP contribution in [-0.4, -0.2) is 31.2 Å². The molecule has 25 heavy (non-hydrogen) atoms. The van der Waals surface area contributed by atoms with Crippen LogP contribution < -0.4 is 0 Å². The molecule has 1 aromatic carbocycles. The molecule has 0 saturated carbocycles. The molecule has 0 atom stereocenters. The quantitative estimate of drug-likeness (QED) is 0.604. The summed E-state index contributed by atoms with van der Waals surface area (Å²) in [6.45, 7) is 4.67. The third-order valence-electron chi connectivity index (χ3n) is 3.66. The van der Waals surface area contributed by atoms with Crippen molar-refractivity contribution in [3.05, 3.63) is 46.7 Å². The molecule has 7 nitrogen and oxygen atoms in total. The summed E-state index contributed by atoms with van der Waals surface area (Å²) in [5, 5.41) is 12.3. The number of hydrogen-bond donors (Lipinski definition) is 0. The number of thiazole rings is 1. The minimum atomic E-state index is -0.401. The summed E-state index contributed by atoms with van der Waals surface area (Å²) in [7, 11) is 0. The fourth-order valence-corrected chi connectivity index (χ4v) is 3.26. The van der Waals surface area contributed by atoms with Gasteiger partial charge in [-0.25, -0.2) is 14.5 Å². The third-order valence-corrected chi connectivity index (χ3v) is 4.85. The van der Waals surface area contributed by atoms with Crippen molar-refractivity contribution in [1.82, 2.24) is 25.2 Å². The summed E-state index contributed by atoms with van der Waals surface area (Å²) < 4.78 is 7.06. The van der Waals surface area contributed by atoms with E-state index in [1.165, 1.54) is 11.3 Å². The van der Waals surface area contributed by atoms with E-state index in [-0.39, 0.29) is 6.61 Å². The molecule has 0 aliphatic rings. The van der Waals surface area contributed by atoms with Gasteiger partial charge in [-0.1, -0.05) is 43.7 Å². The molecule has 0 N–H and O–H groups in total. The van der Waals surface area contributed by atoms with E-state index in [1.54, 1.807) is 4.68 Å². The standard InChI is InChI=1S/C17H19N5O2S/c1-3-4-10-22-14(19-20-21-22)11-24-17(23)15-12(2)18-16(25-15)13-8-6-5-7-9-13/h5-9H,3-4,10-11H2,1-2H3. The largest absolute Gasteiger partial charge is 0.453 e. The molecular weight excluding hydrogens is 338 g/mol. The fourth-order valence-electron chi connectivity index (χ4n) is 2.29. The van der Waals surface area contributed by atoms with Crippen LogP contribution in [0.1, 0.15) is 41.0 Å². The second-order valence-corrected chi connectivity index (χ2v) is 6.55. The summed E-state index contributed by atoms with van der Waals surface area (Å²) in [5.41, 5.74) is 1.65. The zero-order valence-corrected chi connectivity index (χ0v) is 15.0. The van der Waals surface area contributed by atoms with Gasteiger partial charge in [0.25, 0.3) is 0 Å². The molecule has 0 fully saturated rings. The molecule has 0 amide bonds. The van der Waals surface area contributed by atoms with Gasteiger partial charge in [-0.2, -0.15) is 0 Å². The number of hydrogen-bond acceptors (Lipinski definition) is 7. The minimum absolute atomic E-state index is 0.0492. The summed E-state index contributed by atoms with van der Waals surface area (Å²) >= 11 is 1.33. The van der Waals surface area contributed by atoms with Gasteiger partial charge in [-0.05, 0) is 23.8 Å². The summed E-state index contributed by atoms with van der Waals surface area (Å²) in [6.07, 6.45) is 2.02. The lowest BCUT2D eigenvalue weighted by molar-refractivity contribution is 0.0461. The number of carbonyl (C=O) groups excluding carboxylic acids is 1. The van der Waals surface area contributed by atoms with Crippen molar-refractivity contribution in [2.24, 2.45) is 0 Å². The summed E-state index contributed by atoms with van der Waals surface area (Å²) in [4.78, 5) is 17.4. The maximum Gasteiger partial charge on any atom is 0.350 e. The molecule has 8 heteroatoms. The van der Waals surface area contributed by atoms with Crippen LogP contribution in [-0.2, 0) is 17.9 Å². The Labute approximate surface area is 149 Å². The number of tetrazole rings is 1. The van der Waals surface area contributed by atoms with E-state index in [9.17, 15) is 4.79 Å². The fraction of sp³-hybridized carbons (Fsp3) is 0.353. The lowest BCUT2D eigenvalue weighted by Gasteiger charge is -2.04. The maximum atomic E-state index is 12.4. The predicted octanol–water partition coefficient (Wildman–Crippen LogP) is 3.26. The molecule has 2 heterocycles. The molecule has 0 spiro atoms. The molecular formula is C17H19N5O2S. The molecule has 0 unspecified atom stereocenters. The van der Waals surface area contributed by atoms with Crippen molar-refractivity contribution >= 4 is 17.3 Å². The first-order valence-electron chi connectivity index (χ1n) is 8.14. The van der Waals surface area contributed by atoms with E-state index < -0.39 is 5.97 Å². The van der Waals surface area contributed by atoms with E-state index in [4.69, 9.17) is 4.74 Å². The van der Waals surface area contributed by atoms with Crippen LogP contribution in [0.4, 0.5) is 0 Å². The van der Waals surface area contributed by atoms with Crippen LogP contribution in [0.25, 0.3) is 10.6 Å². The number of carbonyl (C=O) groups is 1. The Balaban J connectivity index is 1.68. The van der Waals surface area contributed by atoms with E-state index in [0.717, 1.165) is 23.4 Å². The van der Waals surface area contributed by atoms with Crippen LogP contribution in [0.3, 0.4) is 0 Å². The highest BCUT2D eigenvalue weighted by Gasteiger charge is 2.18. The van der Waals surface area contributed by atoms with Gasteiger partial charge in [0, 0.05) is 12.1 Å². The van der Waals surface area contributed by atoms with Crippen LogP contribution in [0.15, 0.2) is 30.3 Å². The lowest BCUT2D eigenvalue weighted by atomic mass is 10.2. The second kappa shape index (κ2) is 7.98. The van der Waals surface area contributed by atoms with E-state index >= 15 is 0 Å². The SMILES string of the molecule is CCCCn1nnnc1COC(=O)c1sc(-c2ccccc2)nc1C. The highest BCUT2D eigenvalue weighted by molar-refractivity contribution is 7.17. The number of aromatic nitrogens is 5. The number of aryl methyl sites for hydroxylation is 2. The smallest absolute Gasteiger partial charge is 0.350 e. The highest BCUT2D eigenvalue weighted by atomic mass is 32.1. The van der Waals surface area contributed by atoms with Crippen LogP contribution in [0, 0.1) is 6.92 Å². The van der Waals surface area contributed by atoms with Crippen molar-refractivity contribution in [1.29, 1.82) is 0 Å². The number of unbranched alkanes of at least 4 members (excludes halogenated alkanes) is 1. The van der Waals surface area contributed by atoms with Crippen molar-refractivity contribution in [2.75, 3.05) is 0 Å². The Hall–Kier alpha value is -2.61. The maximum absolute atomic E-state index is 12.4. The van der Waals surface area contributed by atoms with Crippen molar-refractivity contribution in [3.63, 3.8) is 0 Å². The van der Waals surface area contributed by atoms with Gasteiger partial charge in [0.1, 0.15) is 9.88 Å². The van der Waals surface area contributed by atoms with Gasteiger partial charge in [-0.3, -0.25) is 0 Å². The van der Waals surface area contributed by atoms with Crippen LogP contribution in [0.5, 0.6) is 0 Å². The van der Waals surface area contributed by atoms with E-state index in [2.05, 4.69) is 27.4 Å². The molecule has 3 rings (SSSR count). The first kappa shape index (κ1) is 17.2. The molecule has 0 aliphatic carbocycles. The van der Waals surface area contributed by atoms with Gasteiger partial charge < -0.3 is 4.74 Å². The zero-order valence-electron chi connectivity index (χ0n) is 14.2. The average molecular weight is 357 g/mol. The Bertz CT molecular complexity index is 844. The molecule has 0 bridgehead atoms. The zero-order chi connectivity index (χ0) is 17.6. The Kier molecular flexibility index (Phi) is 5.49. The summed E-state index contributed by atoms with van der Waals surface area (Å²) in [6, 6.07) is 9.77. The minimum Gasteiger partial charge on any atom is -0.453 e. The predicted molar refractivity (Wildman–Crippen MR) is 94.1 cm³/mol. The molecule has 2 aromatic heterocycles. The van der Waals surface area contributed by atoms with E-state index in [0.29, 0.717) is 22.9 Å². The monoisotopic (exact) mass is 357 g/mol. The Morgan fingerprint density at radius 2 is 2.08 bits per heavy atom. The molecule has 0 radical (unpaired) electrons. The van der Waals surface area contributed by atoms with Crippen LogP contribution in [0.2, 0.25) is 0 Å². The van der Waals surface area contributed by atoms with Gasteiger partial charge in [0.05, 0.1) is 5.69 Å². The van der Waals surface area contributed by atoms with Gasteiger partial charge in [0.15, 0.2) is 12.4 Å². The average Bonchev–Trinajstić information content (AvgIpc) is 3.25. The number of esters is 1. The first-order valence-corrected chi connectivity index (χ1v) is 8.95. The van der Waals surface area contributed by atoms with Crippen molar-refractivity contribution in [2.45, 2.75) is 39.8 Å². The normalized spacial score (nSPS) is 10.8. The first-order chi connectivity index (χ1) is 12.2. The molecule has 130 valence electrons. The third kappa shape index (κ3) is 4.08. The summed E-state index contributed by atoms with van der Waals surface area (Å²) in [5.74, 6) is 0.148. The van der Waals surface area contributed by atoms with Crippen LogP contribution >= 0.6 is 11.3 Å². The Morgan fingerprint density at radius 3 is 2.84 bits per heavy atom. The number of rotatable bonds is 7. The molecule has 0 saturated heterocycles. The Morgan fingerprint density at radius 1 is 1.28 bits per heavy atom. The number of nitrogens with zero attached hydrogens (tertiary/aromatic N) is 5.